The van der Waals surface area contributed by atoms with Crippen LogP contribution in [0.2, 0.25) is 5.02 Å². The second-order valence-electron chi connectivity index (χ2n) is 6.18. The van der Waals surface area contributed by atoms with E-state index in [1.807, 2.05) is 0 Å². The number of rotatable bonds is 6. The van der Waals surface area contributed by atoms with E-state index >= 15 is 0 Å². The van der Waals surface area contributed by atoms with Gasteiger partial charge >= 0.3 is 6.18 Å². The number of alkyl halides is 3. The summed E-state index contributed by atoms with van der Waals surface area (Å²) in [5.41, 5.74) is -0.690. The highest BCUT2D eigenvalue weighted by atomic mass is 35.5. The average molecular weight is 491 g/mol. The predicted octanol–water partition coefficient (Wildman–Crippen LogP) is 5.40. The molecule has 0 fully saturated rings. The quantitative estimate of drug-likeness (QED) is 0.354. The van der Waals surface area contributed by atoms with Crippen molar-refractivity contribution in [2.75, 3.05) is 16.4 Å². The van der Waals surface area contributed by atoms with Crippen LogP contribution in [-0.2, 0) is 11.0 Å². The van der Waals surface area contributed by atoms with Crippen molar-refractivity contribution in [2.24, 2.45) is 0 Å². The number of benzene rings is 1. The lowest BCUT2D eigenvalue weighted by molar-refractivity contribution is -0.137. The van der Waals surface area contributed by atoms with Gasteiger partial charge in [0.1, 0.15) is 11.5 Å². The van der Waals surface area contributed by atoms with Gasteiger partial charge in [-0.05, 0) is 38.1 Å². The van der Waals surface area contributed by atoms with E-state index in [2.05, 4.69) is 20.8 Å². The molecule has 0 saturated heterocycles. The maximum absolute atomic E-state index is 12.8. The number of amides is 2. The largest absolute Gasteiger partial charge is 0.466 e. The van der Waals surface area contributed by atoms with Crippen molar-refractivity contribution < 1.29 is 27.2 Å². The van der Waals surface area contributed by atoms with E-state index in [1.165, 1.54) is 0 Å². The molecule has 0 aliphatic carbocycles. The number of thioether (sulfide) groups is 1. The molecule has 2 N–H and O–H groups in total. The molecule has 0 unspecified atom stereocenters. The van der Waals surface area contributed by atoms with Gasteiger partial charge in [0.2, 0.25) is 11.0 Å². The van der Waals surface area contributed by atoms with Crippen LogP contribution in [0.3, 0.4) is 0 Å². The number of aromatic nitrogens is 2. The van der Waals surface area contributed by atoms with Gasteiger partial charge in [-0.2, -0.15) is 13.2 Å². The third kappa shape index (κ3) is 5.99. The number of carbonyl (C=O) groups is 2. The summed E-state index contributed by atoms with van der Waals surface area (Å²) in [6.45, 7) is 3.39. The highest BCUT2D eigenvalue weighted by Crippen LogP contribution is 2.34. The molecule has 3 rings (SSSR count). The lowest BCUT2D eigenvalue weighted by Crippen LogP contribution is -2.15. The van der Waals surface area contributed by atoms with Gasteiger partial charge in [-0.3, -0.25) is 14.9 Å². The Morgan fingerprint density at radius 3 is 2.58 bits per heavy atom. The molecule has 7 nitrogen and oxygen atoms in total. The molecule has 2 amide bonds. The van der Waals surface area contributed by atoms with Crippen LogP contribution >= 0.6 is 34.7 Å². The Bertz CT molecular complexity index is 1130. The summed E-state index contributed by atoms with van der Waals surface area (Å²) < 4.78 is 44.2. The molecule has 164 valence electrons. The summed E-state index contributed by atoms with van der Waals surface area (Å²) in [6, 6.07) is 4.26. The van der Waals surface area contributed by atoms with Gasteiger partial charge in [0.25, 0.3) is 5.91 Å². The van der Waals surface area contributed by atoms with E-state index < -0.39 is 23.6 Å². The fourth-order valence-electron chi connectivity index (χ4n) is 2.45. The van der Waals surface area contributed by atoms with Crippen LogP contribution in [0.1, 0.15) is 27.4 Å². The monoisotopic (exact) mass is 490 g/mol. The van der Waals surface area contributed by atoms with Crippen molar-refractivity contribution in [3.63, 3.8) is 0 Å². The minimum absolute atomic E-state index is 0.0166. The highest BCUT2D eigenvalue weighted by molar-refractivity contribution is 8.01. The van der Waals surface area contributed by atoms with Crippen molar-refractivity contribution in [1.29, 1.82) is 0 Å². The zero-order valence-electron chi connectivity index (χ0n) is 16.0. The molecular weight excluding hydrogens is 477 g/mol. The van der Waals surface area contributed by atoms with Crippen molar-refractivity contribution >= 4 is 57.3 Å². The van der Waals surface area contributed by atoms with Gasteiger partial charge in [0.05, 0.1) is 27.6 Å². The second kappa shape index (κ2) is 9.28. The van der Waals surface area contributed by atoms with Gasteiger partial charge in [-0.15, -0.1) is 10.2 Å². The van der Waals surface area contributed by atoms with Crippen LogP contribution in [0.15, 0.2) is 33.0 Å². The van der Waals surface area contributed by atoms with E-state index in [4.69, 9.17) is 16.0 Å². The molecule has 0 aliphatic rings. The molecule has 0 aliphatic heterocycles. The lowest BCUT2D eigenvalue weighted by atomic mass is 10.2. The molecule has 0 saturated carbocycles. The van der Waals surface area contributed by atoms with Crippen LogP contribution in [0, 0.1) is 13.8 Å². The van der Waals surface area contributed by atoms with Crippen LogP contribution in [0.25, 0.3) is 0 Å². The van der Waals surface area contributed by atoms with Crippen LogP contribution in [-0.4, -0.2) is 27.8 Å². The average Bonchev–Trinajstić information content (AvgIpc) is 3.26. The third-order valence-corrected chi connectivity index (χ3v) is 6.11. The summed E-state index contributed by atoms with van der Waals surface area (Å²) in [5, 5.41) is 12.9. The van der Waals surface area contributed by atoms with Crippen molar-refractivity contribution in [1.82, 2.24) is 10.2 Å². The van der Waals surface area contributed by atoms with Crippen molar-refractivity contribution in [3.05, 3.63) is 51.9 Å². The molecule has 31 heavy (non-hydrogen) atoms. The summed E-state index contributed by atoms with van der Waals surface area (Å²) >= 11 is 7.93. The zero-order chi connectivity index (χ0) is 22.8. The molecule has 0 radical (unpaired) electrons. The van der Waals surface area contributed by atoms with E-state index in [-0.39, 0.29) is 21.6 Å². The maximum atomic E-state index is 12.8. The predicted molar refractivity (Wildman–Crippen MR) is 112 cm³/mol. The van der Waals surface area contributed by atoms with Gasteiger partial charge in [-0.1, -0.05) is 34.7 Å². The summed E-state index contributed by atoms with van der Waals surface area (Å²) in [5.74, 6) is -0.0487. The van der Waals surface area contributed by atoms with E-state index in [1.54, 1.807) is 19.9 Å². The Labute approximate surface area is 187 Å². The van der Waals surface area contributed by atoms with Crippen LogP contribution in [0.4, 0.5) is 24.0 Å². The summed E-state index contributed by atoms with van der Waals surface area (Å²) in [7, 11) is 0. The number of hydrogen-bond acceptors (Lipinski definition) is 7. The summed E-state index contributed by atoms with van der Waals surface area (Å²) in [4.78, 5) is 24.4. The van der Waals surface area contributed by atoms with E-state index in [0.717, 1.165) is 41.3 Å². The Morgan fingerprint density at radius 2 is 1.94 bits per heavy atom. The maximum Gasteiger partial charge on any atom is 0.416 e. The standard InChI is InChI=1S/C18H14ClF3N4O3S2/c1-8-5-11(9(2)29-8)15(28)24-16-25-26-17(31-16)30-7-14(27)23-13-6-10(18(20,21)22)3-4-12(13)19/h3-6H,7H2,1-2H3,(H,23,27)(H,24,25,28). The van der Waals surface area contributed by atoms with Gasteiger partial charge in [-0.25, -0.2) is 0 Å². The Balaban J connectivity index is 1.56. The molecule has 2 aromatic heterocycles. The first kappa shape index (κ1) is 23.1. The minimum atomic E-state index is -4.56. The van der Waals surface area contributed by atoms with Crippen molar-refractivity contribution in [3.8, 4) is 0 Å². The molecule has 2 heterocycles. The Morgan fingerprint density at radius 1 is 1.19 bits per heavy atom. The normalized spacial score (nSPS) is 11.4. The number of halogens is 4. The smallest absolute Gasteiger partial charge is 0.416 e. The first-order valence-electron chi connectivity index (χ1n) is 8.54. The number of anilines is 2. The van der Waals surface area contributed by atoms with E-state index in [9.17, 15) is 22.8 Å². The molecule has 3 aromatic rings. The third-order valence-electron chi connectivity index (χ3n) is 3.81. The topological polar surface area (TPSA) is 97.1 Å². The molecular formula is C18H14ClF3N4O3S2. The summed E-state index contributed by atoms with van der Waals surface area (Å²) in [6.07, 6.45) is -4.56. The molecule has 1 aromatic carbocycles. The molecule has 0 spiro atoms. The van der Waals surface area contributed by atoms with E-state index in [0.29, 0.717) is 21.4 Å². The van der Waals surface area contributed by atoms with Crippen molar-refractivity contribution in [2.45, 2.75) is 24.4 Å². The lowest BCUT2D eigenvalue weighted by Gasteiger charge is -2.11. The SMILES string of the molecule is Cc1cc(C(=O)Nc2nnc(SCC(=O)Nc3cc(C(F)(F)F)ccc3Cl)s2)c(C)o1. The molecule has 0 atom stereocenters. The number of hydrogen-bond donors (Lipinski definition) is 2. The second-order valence-corrected chi connectivity index (χ2v) is 8.79. The number of furan rings is 1. The molecule has 13 heteroatoms. The van der Waals surface area contributed by atoms with Gasteiger partial charge < -0.3 is 9.73 Å². The van der Waals surface area contributed by atoms with Crippen LogP contribution in [0.5, 0.6) is 0 Å². The number of nitrogens with zero attached hydrogens (tertiary/aromatic N) is 2. The van der Waals surface area contributed by atoms with Gasteiger partial charge in [0.15, 0.2) is 4.34 Å². The Hall–Kier alpha value is -2.57. The number of aryl methyl sites for hydroxylation is 2. The first-order valence-corrected chi connectivity index (χ1v) is 10.7. The number of carbonyl (C=O) groups excluding carboxylic acids is 2. The fraction of sp³-hybridized carbons (Fsp3) is 0.222. The Kier molecular flexibility index (Phi) is 6.92. The zero-order valence-corrected chi connectivity index (χ0v) is 18.4. The molecule has 0 bridgehead atoms. The number of nitrogens with one attached hydrogen (secondary N) is 2. The first-order chi connectivity index (χ1) is 14.5. The van der Waals surface area contributed by atoms with Crippen LogP contribution < -0.4 is 10.6 Å². The minimum Gasteiger partial charge on any atom is -0.466 e. The fourth-order valence-corrected chi connectivity index (χ4v) is 4.16. The highest BCUT2D eigenvalue weighted by Gasteiger charge is 2.31. The van der Waals surface area contributed by atoms with Gasteiger partial charge in [0, 0.05) is 0 Å².